The summed E-state index contributed by atoms with van der Waals surface area (Å²) >= 11 is 0. The van der Waals surface area contributed by atoms with Crippen molar-refractivity contribution in [1.82, 2.24) is 45.4 Å². The number of hydrogen-bond donors (Lipinski definition) is 1. The van der Waals surface area contributed by atoms with Gasteiger partial charge in [-0.15, -0.1) is 15.3 Å². The number of H-pyrrole nitrogens is 1. The molecule has 0 spiro atoms. The minimum Gasteiger partial charge on any atom is -0.265 e. The van der Waals surface area contributed by atoms with E-state index in [-0.39, 0.29) is 17.8 Å². The van der Waals surface area contributed by atoms with Gasteiger partial charge in [0.2, 0.25) is 0 Å². The molecule has 3 unspecified atom stereocenters. The number of aryl methyl sites for hydroxylation is 2. The maximum absolute atomic E-state index is 4.33. The van der Waals surface area contributed by atoms with E-state index >= 15 is 0 Å². The summed E-state index contributed by atoms with van der Waals surface area (Å²) in [4.78, 5) is 0. The van der Waals surface area contributed by atoms with Crippen LogP contribution in [0.4, 0.5) is 0 Å². The Balaban J connectivity index is 1.84. The Bertz CT molecular complexity index is 758. The van der Waals surface area contributed by atoms with E-state index in [9.17, 15) is 0 Å². The second-order valence-electron chi connectivity index (χ2n) is 6.25. The molecule has 3 aromatic heterocycles. The summed E-state index contributed by atoms with van der Waals surface area (Å²) in [5, 5.41) is 27.7. The van der Waals surface area contributed by atoms with Crippen molar-refractivity contribution in [3.8, 4) is 0 Å². The fraction of sp³-hybridized carbons (Fsp3) is 0.600. The second kappa shape index (κ2) is 6.90. The Morgan fingerprint density at radius 2 is 1.83 bits per heavy atom. The molecule has 128 valence electrons. The predicted octanol–water partition coefficient (Wildman–Crippen LogP) is 1.63. The molecule has 0 aliphatic carbocycles. The summed E-state index contributed by atoms with van der Waals surface area (Å²) in [6.45, 7) is 7.19. The van der Waals surface area contributed by atoms with Gasteiger partial charge in [-0.05, 0) is 13.3 Å². The van der Waals surface area contributed by atoms with Gasteiger partial charge < -0.3 is 0 Å². The fourth-order valence-corrected chi connectivity index (χ4v) is 2.95. The standard InChI is InChI=1S/C15H23N9/c1-5-24-9-14(18-22-24)10(2)6-12(15-8-23(4)21-19-15)11(3)13-7-16-20-17-13/h7-12H,5-6H2,1-4H3,(H,16,17,20). The minimum atomic E-state index is 0.170. The number of nitrogens with one attached hydrogen (secondary N) is 1. The fourth-order valence-electron chi connectivity index (χ4n) is 2.95. The summed E-state index contributed by atoms with van der Waals surface area (Å²) in [5.41, 5.74) is 2.89. The van der Waals surface area contributed by atoms with Crippen LogP contribution >= 0.6 is 0 Å². The number of aromatic nitrogens is 9. The average Bonchev–Trinajstić information content (AvgIpc) is 3.32. The van der Waals surface area contributed by atoms with E-state index in [1.807, 2.05) is 30.3 Å². The molecule has 3 rings (SSSR count). The van der Waals surface area contributed by atoms with Crippen molar-refractivity contribution in [3.05, 3.63) is 35.7 Å². The number of nitrogens with zero attached hydrogens (tertiary/aromatic N) is 8. The highest BCUT2D eigenvalue weighted by Crippen LogP contribution is 2.37. The lowest BCUT2D eigenvalue weighted by Crippen LogP contribution is -2.13. The third kappa shape index (κ3) is 3.34. The van der Waals surface area contributed by atoms with Crippen LogP contribution in [0.2, 0.25) is 0 Å². The molecule has 0 aromatic carbocycles. The number of aromatic amines is 1. The third-order valence-electron chi connectivity index (χ3n) is 4.50. The van der Waals surface area contributed by atoms with Crippen molar-refractivity contribution in [3.63, 3.8) is 0 Å². The zero-order chi connectivity index (χ0) is 17.1. The van der Waals surface area contributed by atoms with Crippen molar-refractivity contribution < 1.29 is 0 Å². The van der Waals surface area contributed by atoms with E-state index in [1.54, 1.807) is 4.68 Å². The normalized spacial score (nSPS) is 15.3. The predicted molar refractivity (Wildman–Crippen MR) is 87.3 cm³/mol. The summed E-state index contributed by atoms with van der Waals surface area (Å²) in [6, 6.07) is 0. The molecule has 24 heavy (non-hydrogen) atoms. The van der Waals surface area contributed by atoms with Gasteiger partial charge in [0, 0.05) is 49.9 Å². The highest BCUT2D eigenvalue weighted by Gasteiger charge is 2.28. The summed E-state index contributed by atoms with van der Waals surface area (Å²) in [7, 11) is 1.88. The Morgan fingerprint density at radius 3 is 2.42 bits per heavy atom. The highest BCUT2D eigenvalue weighted by atomic mass is 15.4. The molecule has 3 heterocycles. The largest absolute Gasteiger partial charge is 0.265 e. The van der Waals surface area contributed by atoms with Gasteiger partial charge in [0.1, 0.15) is 0 Å². The molecule has 0 saturated carbocycles. The van der Waals surface area contributed by atoms with E-state index in [4.69, 9.17) is 0 Å². The molecule has 0 fully saturated rings. The molecular formula is C15H23N9. The molecule has 0 radical (unpaired) electrons. The second-order valence-corrected chi connectivity index (χ2v) is 6.25. The minimum absolute atomic E-state index is 0.170. The van der Waals surface area contributed by atoms with E-state index in [1.165, 1.54) is 0 Å². The Kier molecular flexibility index (Phi) is 4.68. The zero-order valence-electron chi connectivity index (χ0n) is 14.5. The van der Waals surface area contributed by atoms with Crippen LogP contribution in [-0.2, 0) is 13.6 Å². The van der Waals surface area contributed by atoms with Crippen molar-refractivity contribution in [1.29, 1.82) is 0 Å². The van der Waals surface area contributed by atoms with Crippen LogP contribution in [0.3, 0.4) is 0 Å². The van der Waals surface area contributed by atoms with Gasteiger partial charge in [0.05, 0.1) is 17.1 Å². The van der Waals surface area contributed by atoms with Gasteiger partial charge in [-0.25, -0.2) is 0 Å². The first-order chi connectivity index (χ1) is 11.6. The molecule has 3 aromatic rings. The van der Waals surface area contributed by atoms with Gasteiger partial charge in [0.15, 0.2) is 0 Å². The molecule has 3 atom stereocenters. The molecule has 9 heteroatoms. The molecule has 1 N–H and O–H groups in total. The van der Waals surface area contributed by atoms with Crippen LogP contribution < -0.4 is 0 Å². The lowest BCUT2D eigenvalue weighted by Gasteiger charge is -2.22. The van der Waals surface area contributed by atoms with E-state index in [0.29, 0.717) is 0 Å². The quantitative estimate of drug-likeness (QED) is 0.706. The Labute approximate surface area is 140 Å². The monoisotopic (exact) mass is 329 g/mol. The van der Waals surface area contributed by atoms with Gasteiger partial charge in [0.25, 0.3) is 0 Å². The molecule has 0 amide bonds. The van der Waals surface area contributed by atoms with Crippen molar-refractivity contribution in [2.24, 2.45) is 7.05 Å². The zero-order valence-corrected chi connectivity index (χ0v) is 14.5. The molecule has 9 nitrogen and oxygen atoms in total. The van der Waals surface area contributed by atoms with E-state index in [0.717, 1.165) is 30.0 Å². The van der Waals surface area contributed by atoms with Crippen molar-refractivity contribution >= 4 is 0 Å². The lowest BCUT2D eigenvalue weighted by atomic mass is 9.81. The van der Waals surface area contributed by atoms with Crippen LogP contribution in [0.25, 0.3) is 0 Å². The van der Waals surface area contributed by atoms with Crippen LogP contribution in [0.5, 0.6) is 0 Å². The van der Waals surface area contributed by atoms with E-state index in [2.05, 4.69) is 56.8 Å². The highest BCUT2D eigenvalue weighted by molar-refractivity contribution is 5.16. The van der Waals surface area contributed by atoms with Gasteiger partial charge in [-0.3, -0.25) is 14.5 Å². The van der Waals surface area contributed by atoms with Crippen LogP contribution in [0, 0.1) is 0 Å². The maximum Gasteiger partial charge on any atom is 0.0864 e. The number of hydrogen-bond acceptors (Lipinski definition) is 6. The SMILES string of the molecule is CCn1cc(C(C)CC(c2cn(C)nn2)C(C)c2c[nH]nn2)nn1. The van der Waals surface area contributed by atoms with Crippen LogP contribution in [0.15, 0.2) is 18.6 Å². The lowest BCUT2D eigenvalue weighted by molar-refractivity contribution is 0.471. The summed E-state index contributed by atoms with van der Waals surface area (Å²) < 4.78 is 3.58. The van der Waals surface area contributed by atoms with Gasteiger partial charge in [-0.1, -0.05) is 29.5 Å². The Hall–Kier alpha value is -2.58. The average molecular weight is 329 g/mol. The first kappa shape index (κ1) is 16.3. The molecule has 0 saturated heterocycles. The van der Waals surface area contributed by atoms with Crippen molar-refractivity contribution in [2.45, 2.75) is 51.5 Å². The molecule has 0 bridgehead atoms. The van der Waals surface area contributed by atoms with Crippen molar-refractivity contribution in [2.75, 3.05) is 0 Å². The first-order valence-corrected chi connectivity index (χ1v) is 8.21. The number of rotatable bonds is 7. The van der Waals surface area contributed by atoms with Crippen LogP contribution in [0.1, 0.15) is 62.0 Å². The first-order valence-electron chi connectivity index (χ1n) is 8.21. The molecule has 0 aliphatic rings. The van der Waals surface area contributed by atoms with E-state index < -0.39 is 0 Å². The summed E-state index contributed by atoms with van der Waals surface area (Å²) in [5.74, 6) is 0.598. The topological polar surface area (TPSA) is 103 Å². The van der Waals surface area contributed by atoms with Gasteiger partial charge >= 0.3 is 0 Å². The van der Waals surface area contributed by atoms with Gasteiger partial charge in [-0.2, -0.15) is 0 Å². The maximum atomic E-state index is 4.33. The van der Waals surface area contributed by atoms with Crippen LogP contribution in [-0.4, -0.2) is 45.4 Å². The Morgan fingerprint density at radius 1 is 1.04 bits per heavy atom. The third-order valence-corrected chi connectivity index (χ3v) is 4.50. The summed E-state index contributed by atoms with van der Waals surface area (Å²) in [6.07, 6.45) is 6.71. The molecule has 0 aliphatic heterocycles. The smallest absolute Gasteiger partial charge is 0.0864 e. The molecular weight excluding hydrogens is 306 g/mol.